The fourth-order valence-electron chi connectivity index (χ4n) is 2.52. The summed E-state index contributed by atoms with van der Waals surface area (Å²) in [5.41, 5.74) is 2.87. The van der Waals surface area contributed by atoms with Crippen LogP contribution in [0.15, 0.2) is 42.5 Å². The summed E-state index contributed by atoms with van der Waals surface area (Å²) < 4.78 is 11.0. The molecule has 2 aromatic carbocycles. The summed E-state index contributed by atoms with van der Waals surface area (Å²) in [4.78, 5) is 12.1. The first-order valence-electron chi connectivity index (χ1n) is 9.06. The average Bonchev–Trinajstić information content (AvgIpc) is 2.69. The van der Waals surface area contributed by atoms with Crippen molar-refractivity contribution in [2.24, 2.45) is 0 Å². The molecular formula is C21H28N2O4. The van der Waals surface area contributed by atoms with Crippen molar-refractivity contribution in [3.63, 3.8) is 0 Å². The number of aryl methyl sites for hydroxylation is 1. The van der Waals surface area contributed by atoms with Gasteiger partial charge >= 0.3 is 0 Å². The van der Waals surface area contributed by atoms with Gasteiger partial charge in [0.25, 0.3) is 5.91 Å². The number of hydrogen-bond acceptors (Lipinski definition) is 5. The molecule has 2 rings (SSSR count). The van der Waals surface area contributed by atoms with Gasteiger partial charge in [-0.15, -0.1) is 0 Å². The molecule has 1 atom stereocenters. The molecule has 1 amide bonds. The van der Waals surface area contributed by atoms with Crippen LogP contribution in [0.25, 0.3) is 0 Å². The minimum Gasteiger partial charge on any atom is -0.493 e. The zero-order chi connectivity index (χ0) is 19.6. The van der Waals surface area contributed by atoms with Crippen molar-refractivity contribution in [1.82, 2.24) is 5.32 Å². The van der Waals surface area contributed by atoms with E-state index in [0.717, 1.165) is 23.2 Å². The molecule has 0 aromatic heterocycles. The number of hydrogen-bond donors (Lipinski definition) is 3. The Balaban J connectivity index is 1.91. The van der Waals surface area contributed by atoms with Crippen LogP contribution in [-0.4, -0.2) is 37.4 Å². The van der Waals surface area contributed by atoms with Crippen molar-refractivity contribution in [3.8, 4) is 11.5 Å². The quantitative estimate of drug-likeness (QED) is 0.598. The number of rotatable bonds is 10. The summed E-state index contributed by atoms with van der Waals surface area (Å²) in [6.45, 7) is 4.62. The third kappa shape index (κ3) is 6.58. The molecule has 0 saturated carbocycles. The minimum absolute atomic E-state index is 0.0670. The Kier molecular flexibility index (Phi) is 8.10. The molecule has 0 heterocycles. The van der Waals surface area contributed by atoms with E-state index in [0.29, 0.717) is 18.0 Å². The van der Waals surface area contributed by atoms with Crippen molar-refractivity contribution >= 4 is 11.6 Å². The number of aliphatic hydroxyl groups excluding tert-OH is 1. The average molecular weight is 372 g/mol. The van der Waals surface area contributed by atoms with Gasteiger partial charge in [-0.2, -0.15) is 0 Å². The van der Waals surface area contributed by atoms with Crippen molar-refractivity contribution in [1.29, 1.82) is 0 Å². The lowest BCUT2D eigenvalue weighted by Gasteiger charge is -2.16. The van der Waals surface area contributed by atoms with Gasteiger partial charge in [0.1, 0.15) is 0 Å². The van der Waals surface area contributed by atoms with Gasteiger partial charge in [-0.1, -0.05) is 30.7 Å². The van der Waals surface area contributed by atoms with E-state index in [-0.39, 0.29) is 25.2 Å². The summed E-state index contributed by atoms with van der Waals surface area (Å²) in [7, 11) is 1.56. The molecule has 6 heteroatoms. The number of methoxy groups -OCH3 is 1. The zero-order valence-electron chi connectivity index (χ0n) is 16.1. The molecule has 6 nitrogen and oxygen atoms in total. The number of nitrogens with one attached hydrogen (secondary N) is 2. The number of benzene rings is 2. The Morgan fingerprint density at radius 2 is 1.89 bits per heavy atom. The lowest BCUT2D eigenvalue weighted by atomic mass is 10.1. The molecule has 0 fully saturated rings. The standard InChI is InChI=1S/C21H28N2O4/c1-4-17(13-24)22-12-16-7-10-19(20(11-16)26-3)27-14-21(25)23-18-8-5-15(2)6-9-18/h5-11,17,22,24H,4,12-14H2,1-3H3,(H,23,25)/t17-/m0/s1. The maximum atomic E-state index is 12.1. The number of carbonyl (C=O) groups excluding carboxylic acids is 1. The van der Waals surface area contributed by atoms with Crippen molar-refractivity contribution < 1.29 is 19.4 Å². The van der Waals surface area contributed by atoms with Gasteiger partial charge in [-0.25, -0.2) is 0 Å². The lowest BCUT2D eigenvalue weighted by molar-refractivity contribution is -0.118. The Bertz CT molecular complexity index is 727. The number of aliphatic hydroxyl groups is 1. The Labute approximate surface area is 160 Å². The van der Waals surface area contributed by atoms with E-state index < -0.39 is 0 Å². The van der Waals surface area contributed by atoms with Crippen LogP contribution < -0.4 is 20.1 Å². The van der Waals surface area contributed by atoms with Gasteiger partial charge < -0.3 is 25.2 Å². The van der Waals surface area contributed by atoms with Gasteiger partial charge in [0.2, 0.25) is 0 Å². The van der Waals surface area contributed by atoms with Crippen molar-refractivity contribution in [2.75, 3.05) is 25.6 Å². The van der Waals surface area contributed by atoms with Crippen LogP contribution in [0.1, 0.15) is 24.5 Å². The first-order valence-corrected chi connectivity index (χ1v) is 9.06. The molecular weight excluding hydrogens is 344 g/mol. The maximum absolute atomic E-state index is 12.1. The summed E-state index contributed by atoms with van der Waals surface area (Å²) >= 11 is 0. The summed E-state index contributed by atoms with van der Waals surface area (Å²) in [6, 6.07) is 13.2. The predicted molar refractivity (Wildman–Crippen MR) is 106 cm³/mol. The molecule has 146 valence electrons. The van der Waals surface area contributed by atoms with Crippen LogP contribution in [-0.2, 0) is 11.3 Å². The summed E-state index contributed by atoms with van der Waals surface area (Å²) in [6.07, 6.45) is 0.852. The van der Waals surface area contributed by atoms with E-state index in [9.17, 15) is 9.90 Å². The van der Waals surface area contributed by atoms with Crippen LogP contribution in [0.5, 0.6) is 11.5 Å². The molecule has 0 bridgehead atoms. The molecule has 0 spiro atoms. The normalized spacial score (nSPS) is 11.7. The van der Waals surface area contributed by atoms with Gasteiger partial charge in [0, 0.05) is 18.3 Å². The second-order valence-electron chi connectivity index (χ2n) is 6.36. The molecule has 0 saturated heterocycles. The Morgan fingerprint density at radius 3 is 2.52 bits per heavy atom. The smallest absolute Gasteiger partial charge is 0.262 e. The maximum Gasteiger partial charge on any atom is 0.262 e. The van der Waals surface area contributed by atoms with Crippen LogP contribution in [0.2, 0.25) is 0 Å². The number of amides is 1. The fourth-order valence-corrected chi connectivity index (χ4v) is 2.52. The van der Waals surface area contributed by atoms with Gasteiger partial charge in [0.05, 0.1) is 13.7 Å². The van der Waals surface area contributed by atoms with Gasteiger partial charge in [0.15, 0.2) is 18.1 Å². The van der Waals surface area contributed by atoms with Gasteiger partial charge in [-0.3, -0.25) is 4.79 Å². The second kappa shape index (κ2) is 10.5. The van der Waals surface area contributed by atoms with Crippen LogP contribution >= 0.6 is 0 Å². The molecule has 0 unspecified atom stereocenters. The zero-order valence-corrected chi connectivity index (χ0v) is 16.1. The van der Waals surface area contributed by atoms with Crippen LogP contribution in [0.3, 0.4) is 0 Å². The highest BCUT2D eigenvalue weighted by Gasteiger charge is 2.10. The summed E-state index contributed by atoms with van der Waals surface area (Å²) in [5, 5.41) is 15.3. The van der Waals surface area contributed by atoms with E-state index in [1.54, 1.807) is 13.2 Å². The lowest BCUT2D eigenvalue weighted by Crippen LogP contribution is -2.31. The molecule has 3 N–H and O–H groups in total. The number of carbonyl (C=O) groups is 1. The SMILES string of the molecule is CC[C@@H](CO)NCc1ccc(OCC(=O)Nc2ccc(C)cc2)c(OC)c1. The topological polar surface area (TPSA) is 79.8 Å². The Hall–Kier alpha value is -2.57. The third-order valence-corrected chi connectivity index (χ3v) is 4.23. The number of ether oxygens (including phenoxy) is 2. The molecule has 27 heavy (non-hydrogen) atoms. The van der Waals surface area contributed by atoms with Crippen LogP contribution in [0.4, 0.5) is 5.69 Å². The van der Waals surface area contributed by atoms with E-state index in [4.69, 9.17) is 9.47 Å². The molecule has 2 aromatic rings. The summed E-state index contributed by atoms with van der Waals surface area (Å²) in [5.74, 6) is 0.837. The van der Waals surface area contributed by atoms with E-state index >= 15 is 0 Å². The molecule has 0 aliphatic heterocycles. The van der Waals surface area contributed by atoms with Crippen molar-refractivity contribution in [2.45, 2.75) is 32.9 Å². The number of anilines is 1. The first kappa shape index (κ1) is 20.7. The molecule has 0 aliphatic rings. The minimum atomic E-state index is -0.236. The monoisotopic (exact) mass is 372 g/mol. The van der Waals surface area contributed by atoms with E-state index in [1.165, 1.54) is 0 Å². The first-order chi connectivity index (χ1) is 13.0. The molecule has 0 radical (unpaired) electrons. The largest absolute Gasteiger partial charge is 0.493 e. The highest BCUT2D eigenvalue weighted by molar-refractivity contribution is 5.91. The highest BCUT2D eigenvalue weighted by atomic mass is 16.5. The van der Waals surface area contributed by atoms with Gasteiger partial charge in [-0.05, 0) is 43.2 Å². The Morgan fingerprint density at radius 1 is 1.15 bits per heavy atom. The second-order valence-corrected chi connectivity index (χ2v) is 6.36. The molecule has 0 aliphatic carbocycles. The van der Waals surface area contributed by atoms with E-state index in [2.05, 4.69) is 10.6 Å². The highest BCUT2D eigenvalue weighted by Crippen LogP contribution is 2.28. The van der Waals surface area contributed by atoms with Crippen molar-refractivity contribution in [3.05, 3.63) is 53.6 Å². The van der Waals surface area contributed by atoms with E-state index in [1.807, 2.05) is 50.2 Å². The third-order valence-electron chi connectivity index (χ3n) is 4.23. The fraction of sp³-hybridized carbons (Fsp3) is 0.381. The predicted octanol–water partition coefficient (Wildman–Crippen LogP) is 2.88. The van der Waals surface area contributed by atoms with Crippen LogP contribution in [0, 0.1) is 6.92 Å².